The van der Waals surface area contributed by atoms with Gasteiger partial charge in [-0.2, -0.15) is 10.2 Å². The molecule has 11 nitrogen and oxygen atoms in total. The molecular weight excluding hydrogens is 548 g/mol. The molecule has 0 fully saturated rings. The van der Waals surface area contributed by atoms with Gasteiger partial charge in [-0.05, 0) is 44.5 Å². The van der Waals surface area contributed by atoms with Crippen molar-refractivity contribution in [2.45, 2.75) is 51.9 Å². The fourth-order valence-corrected chi connectivity index (χ4v) is 6.41. The van der Waals surface area contributed by atoms with Gasteiger partial charge in [0.25, 0.3) is 0 Å². The number of carbonyl (C=O) groups excluding carboxylic acids is 2. The van der Waals surface area contributed by atoms with E-state index in [2.05, 4.69) is 17.0 Å². The molecule has 0 unspecified atom stereocenters. The summed E-state index contributed by atoms with van der Waals surface area (Å²) in [7, 11) is 8.40. The number of halogens is 1. The first-order chi connectivity index (χ1) is 19.6. The molecule has 0 saturated heterocycles. The maximum atomic E-state index is 13.0. The van der Waals surface area contributed by atoms with Crippen LogP contribution in [0.4, 0.5) is 0 Å². The number of methoxy groups -OCH3 is 2. The number of hydrogen-bond acceptors (Lipinski definition) is 8. The summed E-state index contributed by atoms with van der Waals surface area (Å²) in [6.45, 7) is 3.25. The summed E-state index contributed by atoms with van der Waals surface area (Å²) in [5, 5.41) is 20.4. The number of aliphatic hydroxyl groups excluding tert-OH is 1. The number of aliphatic hydroxyl groups is 1. The molecule has 0 amide bonds. The van der Waals surface area contributed by atoms with Crippen LogP contribution < -0.4 is 0 Å². The number of aromatic nitrogens is 5. The highest BCUT2D eigenvalue weighted by Gasteiger charge is 2.35. The van der Waals surface area contributed by atoms with Gasteiger partial charge in [0.2, 0.25) is 0 Å². The van der Waals surface area contributed by atoms with Crippen LogP contribution in [0.25, 0.3) is 22.0 Å². The molecule has 5 rings (SSSR count). The van der Waals surface area contributed by atoms with Crippen LogP contribution in [0.2, 0.25) is 5.02 Å². The molecule has 12 heteroatoms. The minimum atomic E-state index is -0.488. The van der Waals surface area contributed by atoms with E-state index in [1.165, 1.54) is 14.2 Å². The Balaban J connectivity index is 1.65. The predicted octanol–water partition coefficient (Wildman–Crippen LogP) is 3.70. The number of benzene rings is 1. The second-order valence-corrected chi connectivity index (χ2v) is 10.9. The smallest absolute Gasteiger partial charge is 0.354 e. The Morgan fingerprint density at radius 3 is 2.59 bits per heavy atom. The van der Waals surface area contributed by atoms with E-state index >= 15 is 0 Å². The first-order valence-electron chi connectivity index (χ1n) is 13.5. The van der Waals surface area contributed by atoms with Crippen molar-refractivity contribution >= 4 is 34.4 Å². The Kier molecular flexibility index (Phi) is 7.95. The average Bonchev–Trinajstić information content (AvgIpc) is 3.68. The normalized spacial score (nSPS) is 14.7. The number of esters is 2. The molecule has 0 aliphatic carbocycles. The van der Waals surface area contributed by atoms with Crippen LogP contribution in [-0.4, -0.2) is 67.3 Å². The number of carbonyl (C=O) groups is 2. The largest absolute Gasteiger partial charge is 0.469 e. The third kappa shape index (κ3) is 4.92. The molecule has 1 atom stereocenters. The maximum absolute atomic E-state index is 13.0. The van der Waals surface area contributed by atoms with E-state index in [0.717, 1.165) is 57.8 Å². The van der Waals surface area contributed by atoms with Gasteiger partial charge in [0.05, 0.1) is 60.2 Å². The van der Waals surface area contributed by atoms with Crippen LogP contribution in [0, 0.1) is 6.92 Å². The molecule has 218 valence electrons. The lowest BCUT2D eigenvalue weighted by molar-refractivity contribution is -0.140. The highest BCUT2D eigenvalue weighted by atomic mass is 35.5. The molecule has 4 aromatic rings. The van der Waals surface area contributed by atoms with Crippen molar-refractivity contribution in [1.82, 2.24) is 29.0 Å². The van der Waals surface area contributed by atoms with Crippen LogP contribution in [0.15, 0.2) is 18.2 Å². The molecule has 0 radical (unpaired) electrons. The van der Waals surface area contributed by atoms with Gasteiger partial charge in [-0.15, -0.1) is 0 Å². The van der Waals surface area contributed by atoms with Crippen LogP contribution >= 0.6 is 11.6 Å². The Bertz CT molecular complexity index is 1650. The minimum absolute atomic E-state index is 0.0382. The van der Waals surface area contributed by atoms with Gasteiger partial charge in [-0.3, -0.25) is 19.1 Å². The van der Waals surface area contributed by atoms with Gasteiger partial charge in [0.15, 0.2) is 0 Å². The van der Waals surface area contributed by atoms with Gasteiger partial charge in [-0.25, -0.2) is 4.79 Å². The molecule has 1 aliphatic heterocycles. The maximum Gasteiger partial charge on any atom is 0.354 e. The van der Waals surface area contributed by atoms with Crippen molar-refractivity contribution in [2.75, 3.05) is 21.3 Å². The van der Waals surface area contributed by atoms with Crippen molar-refractivity contribution in [2.24, 2.45) is 14.1 Å². The monoisotopic (exact) mass is 582 g/mol. The van der Waals surface area contributed by atoms with E-state index in [-0.39, 0.29) is 25.0 Å². The quantitative estimate of drug-likeness (QED) is 0.297. The molecule has 0 saturated carbocycles. The Morgan fingerprint density at radius 1 is 1.17 bits per heavy atom. The minimum Gasteiger partial charge on any atom is -0.469 e. The molecule has 1 aromatic carbocycles. The summed E-state index contributed by atoms with van der Waals surface area (Å²) in [5.41, 5.74) is 7.11. The Labute approximate surface area is 243 Å². The zero-order valence-electron chi connectivity index (χ0n) is 24.2. The van der Waals surface area contributed by atoms with Crippen LogP contribution in [0.1, 0.15) is 57.7 Å². The lowest BCUT2D eigenvalue weighted by Gasteiger charge is -2.24. The van der Waals surface area contributed by atoms with Crippen molar-refractivity contribution in [3.63, 3.8) is 0 Å². The molecule has 1 aliphatic rings. The highest BCUT2D eigenvalue weighted by molar-refractivity contribution is 6.35. The summed E-state index contributed by atoms with van der Waals surface area (Å²) in [6.07, 6.45) is 1.30. The first kappa shape index (κ1) is 28.8. The lowest BCUT2D eigenvalue weighted by Crippen LogP contribution is -2.23. The van der Waals surface area contributed by atoms with Gasteiger partial charge in [0, 0.05) is 50.1 Å². The summed E-state index contributed by atoms with van der Waals surface area (Å²) in [6, 6.07) is 5.68. The molecule has 3 aromatic heterocycles. The number of hydrogen-bond donors (Lipinski definition) is 1. The van der Waals surface area contributed by atoms with E-state index in [9.17, 15) is 14.7 Å². The summed E-state index contributed by atoms with van der Waals surface area (Å²) in [5.74, 6) is -0.847. The van der Waals surface area contributed by atoms with Crippen molar-refractivity contribution < 1.29 is 24.2 Å². The van der Waals surface area contributed by atoms with Gasteiger partial charge < -0.3 is 19.1 Å². The molecule has 0 bridgehead atoms. The van der Waals surface area contributed by atoms with Gasteiger partial charge in [-0.1, -0.05) is 17.7 Å². The lowest BCUT2D eigenvalue weighted by atomic mass is 9.95. The molecule has 4 heterocycles. The molecule has 1 N–H and O–H groups in total. The average molecular weight is 583 g/mol. The number of aryl methyl sites for hydroxylation is 5. The van der Waals surface area contributed by atoms with Crippen molar-refractivity contribution in [3.8, 4) is 11.1 Å². The fourth-order valence-electron chi connectivity index (χ4n) is 6.17. The zero-order valence-corrected chi connectivity index (χ0v) is 24.9. The van der Waals surface area contributed by atoms with Crippen LogP contribution in [-0.2, 0) is 54.5 Å². The van der Waals surface area contributed by atoms with Crippen molar-refractivity contribution in [3.05, 3.63) is 57.3 Å². The summed E-state index contributed by atoms with van der Waals surface area (Å²) < 4.78 is 15.6. The third-order valence-electron chi connectivity index (χ3n) is 8.07. The van der Waals surface area contributed by atoms with E-state index in [1.807, 2.05) is 48.5 Å². The molecule has 41 heavy (non-hydrogen) atoms. The second kappa shape index (κ2) is 11.3. The first-order valence-corrected chi connectivity index (χ1v) is 13.8. The van der Waals surface area contributed by atoms with Crippen LogP contribution in [0.5, 0.6) is 0 Å². The predicted molar refractivity (Wildman–Crippen MR) is 154 cm³/mol. The number of ether oxygens (including phenoxy) is 2. The Morgan fingerprint density at radius 2 is 1.93 bits per heavy atom. The fraction of sp³-hybridized carbons (Fsp3) is 0.448. The van der Waals surface area contributed by atoms with Crippen molar-refractivity contribution in [1.29, 1.82) is 0 Å². The highest BCUT2D eigenvalue weighted by Crippen LogP contribution is 2.46. The number of fused-ring (bicyclic) bond motifs is 2. The third-order valence-corrected chi connectivity index (χ3v) is 8.39. The number of nitrogens with zero attached hydrogens (tertiary/aromatic N) is 6. The van der Waals surface area contributed by atoms with E-state index in [4.69, 9.17) is 26.2 Å². The summed E-state index contributed by atoms with van der Waals surface area (Å²) in [4.78, 5) is 27.3. The standard InChI is InChI=1S/C29H35ClN6O5/c1-16-24(28-22(11-12-36(28)31-16)33(2)14-17-13-18(15-37)35(4)32-17)25-21(30)9-7-19-20(8-10-23(38)40-5)27(29(39)41-6)34(3)26(19)25/h7,9,13,22,37H,8,10-12,14-15H2,1-6H3/t22-/m1/s1. The summed E-state index contributed by atoms with van der Waals surface area (Å²) >= 11 is 6.97. The molecule has 0 spiro atoms. The van der Waals surface area contributed by atoms with Gasteiger partial charge >= 0.3 is 11.9 Å². The second-order valence-electron chi connectivity index (χ2n) is 10.5. The Hall–Kier alpha value is -3.67. The topological polar surface area (TPSA) is 117 Å². The van der Waals surface area contributed by atoms with Gasteiger partial charge in [0.1, 0.15) is 5.69 Å². The molecular formula is C29H35ClN6O5. The zero-order chi connectivity index (χ0) is 29.6. The van der Waals surface area contributed by atoms with Crippen LogP contribution in [0.3, 0.4) is 0 Å². The van der Waals surface area contributed by atoms with E-state index in [1.54, 1.807) is 4.68 Å². The van der Waals surface area contributed by atoms with E-state index < -0.39 is 5.97 Å². The van der Waals surface area contributed by atoms with E-state index in [0.29, 0.717) is 29.2 Å². The number of rotatable bonds is 9. The SMILES string of the molecule is COC(=O)CCc1c(C(=O)OC)n(C)c2c(-c3c(C)nn4c3[C@H](N(C)Cc3cc(CO)n(C)n3)CC4)c(Cl)ccc12.